The van der Waals surface area contributed by atoms with Crippen molar-refractivity contribution in [2.24, 2.45) is 0 Å². The van der Waals surface area contributed by atoms with E-state index in [9.17, 15) is 0 Å². The number of hydrogen-bond donors (Lipinski definition) is 0. The van der Waals surface area contributed by atoms with Gasteiger partial charge in [0.25, 0.3) is 0 Å². The quantitative estimate of drug-likeness (QED) is 0.756. The first kappa shape index (κ1) is 9.58. The summed E-state index contributed by atoms with van der Waals surface area (Å²) >= 11 is 2.31. The van der Waals surface area contributed by atoms with Crippen molar-refractivity contribution in [3.63, 3.8) is 0 Å². The summed E-state index contributed by atoms with van der Waals surface area (Å²) in [7, 11) is 0. The van der Waals surface area contributed by atoms with Crippen LogP contribution in [0.3, 0.4) is 0 Å². The Morgan fingerprint density at radius 3 is 2.43 bits per heavy atom. The lowest BCUT2D eigenvalue weighted by atomic mass is 10.1. The van der Waals surface area contributed by atoms with E-state index in [1.54, 1.807) is 12.4 Å². The van der Waals surface area contributed by atoms with E-state index in [2.05, 4.69) is 51.6 Å². The second kappa shape index (κ2) is 4.04. The molecule has 0 N–H and O–H groups in total. The summed E-state index contributed by atoms with van der Waals surface area (Å²) < 4.78 is 1.19. The predicted octanol–water partition coefficient (Wildman–Crippen LogP) is 3.06. The Balaban J connectivity index is 2.63. The van der Waals surface area contributed by atoms with Gasteiger partial charge < -0.3 is 0 Å². The number of benzene rings is 1. The van der Waals surface area contributed by atoms with Gasteiger partial charge in [-0.25, -0.2) is 9.97 Å². The third-order valence-electron chi connectivity index (χ3n) is 2.01. The number of nitrogens with zero attached hydrogens (tertiary/aromatic N) is 2. The normalized spacial score (nSPS) is 10.1. The third kappa shape index (κ3) is 1.77. The highest BCUT2D eigenvalue weighted by molar-refractivity contribution is 14.1. The van der Waals surface area contributed by atoms with Gasteiger partial charge in [0.2, 0.25) is 0 Å². The van der Waals surface area contributed by atoms with Crippen LogP contribution in [-0.2, 0) is 0 Å². The average Bonchev–Trinajstić information content (AvgIpc) is 2.19. The van der Waals surface area contributed by atoms with Crippen LogP contribution in [0.15, 0.2) is 36.7 Å². The first-order valence-corrected chi connectivity index (χ1v) is 5.39. The number of aryl methyl sites for hydroxylation is 1. The highest BCUT2D eigenvalue weighted by atomic mass is 127. The number of aromatic nitrogens is 2. The highest BCUT2D eigenvalue weighted by Crippen LogP contribution is 2.24. The maximum atomic E-state index is 4.25. The van der Waals surface area contributed by atoms with E-state index < -0.39 is 0 Å². The average molecular weight is 296 g/mol. The van der Waals surface area contributed by atoms with Gasteiger partial charge in [0.15, 0.2) is 5.82 Å². The van der Waals surface area contributed by atoms with Crippen molar-refractivity contribution in [1.29, 1.82) is 0 Å². The molecule has 2 aromatic rings. The molecule has 0 bridgehead atoms. The number of hydrogen-bond acceptors (Lipinski definition) is 2. The molecule has 14 heavy (non-hydrogen) atoms. The molecule has 0 aliphatic rings. The van der Waals surface area contributed by atoms with Gasteiger partial charge in [-0.1, -0.05) is 12.1 Å². The Labute approximate surface area is 96.6 Å². The second-order valence-corrected chi connectivity index (χ2v) is 4.17. The Bertz CT molecular complexity index is 420. The number of halogens is 1. The van der Waals surface area contributed by atoms with E-state index in [0.717, 1.165) is 11.4 Å². The topological polar surface area (TPSA) is 25.8 Å². The summed E-state index contributed by atoms with van der Waals surface area (Å²) in [6.45, 7) is 2.08. The molecule has 0 spiro atoms. The summed E-state index contributed by atoms with van der Waals surface area (Å²) in [5, 5.41) is 0. The molecule has 1 heterocycles. The van der Waals surface area contributed by atoms with Gasteiger partial charge in [0.05, 0.1) is 0 Å². The van der Waals surface area contributed by atoms with Gasteiger partial charge in [0, 0.05) is 21.5 Å². The summed E-state index contributed by atoms with van der Waals surface area (Å²) in [6.07, 6.45) is 3.54. The van der Waals surface area contributed by atoms with E-state index in [1.165, 1.54) is 9.13 Å². The van der Waals surface area contributed by atoms with Gasteiger partial charge in [-0.3, -0.25) is 0 Å². The van der Waals surface area contributed by atoms with Gasteiger partial charge in [-0.2, -0.15) is 0 Å². The van der Waals surface area contributed by atoms with Crippen molar-refractivity contribution >= 4 is 22.6 Å². The molecule has 2 nitrogen and oxygen atoms in total. The molecule has 0 saturated carbocycles. The molecule has 1 aromatic carbocycles. The molecule has 70 valence electrons. The Morgan fingerprint density at radius 1 is 1.07 bits per heavy atom. The fourth-order valence-corrected chi connectivity index (χ4v) is 2.22. The molecular formula is C11H9IN2. The second-order valence-electron chi connectivity index (χ2n) is 3.00. The van der Waals surface area contributed by atoms with Crippen LogP contribution >= 0.6 is 22.6 Å². The summed E-state index contributed by atoms with van der Waals surface area (Å²) in [6, 6.07) is 8.02. The maximum Gasteiger partial charge on any atom is 0.160 e. The molecule has 0 saturated heterocycles. The van der Waals surface area contributed by atoms with E-state index in [1.807, 2.05) is 12.1 Å². The number of rotatable bonds is 1. The zero-order valence-electron chi connectivity index (χ0n) is 7.74. The Morgan fingerprint density at radius 2 is 1.79 bits per heavy atom. The summed E-state index contributed by atoms with van der Waals surface area (Å²) in [5.41, 5.74) is 2.34. The lowest BCUT2D eigenvalue weighted by Gasteiger charge is -2.05. The van der Waals surface area contributed by atoms with Crippen LogP contribution in [0.25, 0.3) is 11.4 Å². The van der Waals surface area contributed by atoms with Crippen molar-refractivity contribution in [2.45, 2.75) is 6.92 Å². The Kier molecular flexibility index (Phi) is 2.77. The fourth-order valence-electron chi connectivity index (χ4n) is 1.34. The molecule has 0 aliphatic heterocycles. The molecule has 0 amide bonds. The first-order chi connectivity index (χ1) is 6.79. The van der Waals surface area contributed by atoms with Gasteiger partial charge in [0.1, 0.15) is 0 Å². The van der Waals surface area contributed by atoms with Crippen LogP contribution in [0, 0.1) is 10.5 Å². The van der Waals surface area contributed by atoms with Gasteiger partial charge in [-0.05, 0) is 47.2 Å². The van der Waals surface area contributed by atoms with Crippen LogP contribution in [0.4, 0.5) is 0 Å². The Hall–Kier alpha value is -0.970. The van der Waals surface area contributed by atoms with Crippen molar-refractivity contribution in [3.05, 3.63) is 45.8 Å². The van der Waals surface area contributed by atoms with Crippen molar-refractivity contribution in [3.8, 4) is 11.4 Å². The smallest absolute Gasteiger partial charge is 0.160 e. The molecule has 0 unspecified atom stereocenters. The van der Waals surface area contributed by atoms with E-state index in [4.69, 9.17) is 0 Å². The van der Waals surface area contributed by atoms with E-state index >= 15 is 0 Å². The molecule has 3 heteroatoms. The minimum absolute atomic E-state index is 0.801. The summed E-state index contributed by atoms with van der Waals surface area (Å²) in [4.78, 5) is 8.51. The van der Waals surface area contributed by atoms with Crippen LogP contribution < -0.4 is 0 Å². The highest BCUT2D eigenvalue weighted by Gasteiger charge is 2.07. The zero-order valence-corrected chi connectivity index (χ0v) is 9.89. The molecule has 0 aliphatic carbocycles. The molecule has 0 radical (unpaired) electrons. The van der Waals surface area contributed by atoms with E-state index in [-0.39, 0.29) is 0 Å². The lowest BCUT2D eigenvalue weighted by molar-refractivity contribution is 1.16. The lowest BCUT2D eigenvalue weighted by Crippen LogP contribution is -1.92. The molecule has 2 rings (SSSR count). The third-order valence-corrected chi connectivity index (χ3v) is 2.91. The van der Waals surface area contributed by atoms with Gasteiger partial charge >= 0.3 is 0 Å². The van der Waals surface area contributed by atoms with Gasteiger partial charge in [-0.15, -0.1) is 0 Å². The monoisotopic (exact) mass is 296 g/mol. The van der Waals surface area contributed by atoms with Crippen LogP contribution in [0.5, 0.6) is 0 Å². The zero-order chi connectivity index (χ0) is 9.97. The fraction of sp³-hybridized carbons (Fsp3) is 0.0909. The van der Waals surface area contributed by atoms with Crippen LogP contribution in [-0.4, -0.2) is 9.97 Å². The van der Waals surface area contributed by atoms with Crippen molar-refractivity contribution in [1.82, 2.24) is 9.97 Å². The summed E-state index contributed by atoms with van der Waals surface area (Å²) in [5.74, 6) is 0.801. The molecule has 0 atom stereocenters. The molecule has 0 fully saturated rings. The maximum absolute atomic E-state index is 4.25. The minimum Gasteiger partial charge on any atom is -0.237 e. The van der Waals surface area contributed by atoms with Crippen molar-refractivity contribution in [2.75, 3.05) is 0 Å². The minimum atomic E-state index is 0.801. The van der Waals surface area contributed by atoms with Crippen molar-refractivity contribution < 1.29 is 0 Å². The van der Waals surface area contributed by atoms with Crippen LogP contribution in [0.2, 0.25) is 0 Å². The largest absolute Gasteiger partial charge is 0.237 e. The van der Waals surface area contributed by atoms with Crippen LogP contribution in [0.1, 0.15) is 5.56 Å². The first-order valence-electron chi connectivity index (χ1n) is 4.31. The SMILES string of the molecule is Cc1cccc(I)c1-c1ncccn1. The predicted molar refractivity (Wildman–Crippen MR) is 64.9 cm³/mol. The van der Waals surface area contributed by atoms with E-state index in [0.29, 0.717) is 0 Å². The molecular weight excluding hydrogens is 287 g/mol. The standard InChI is InChI=1S/C11H9IN2/c1-8-4-2-5-9(12)10(8)11-13-6-3-7-14-11/h2-7H,1H3. The molecule has 1 aromatic heterocycles.